The number of benzene rings is 2. The lowest BCUT2D eigenvalue weighted by Crippen LogP contribution is -2.45. The second kappa shape index (κ2) is 6.48. The Kier molecular flexibility index (Phi) is 4.61. The van der Waals surface area contributed by atoms with Gasteiger partial charge in [0.05, 0.1) is 0 Å². The van der Waals surface area contributed by atoms with E-state index in [4.69, 9.17) is 0 Å². The van der Waals surface area contributed by atoms with Crippen LogP contribution in [-0.2, 0) is 20.2 Å². The third-order valence-electron chi connectivity index (χ3n) is 4.29. The molecule has 0 saturated carbocycles. The summed E-state index contributed by atoms with van der Waals surface area (Å²) < 4.78 is 64.0. The van der Waals surface area contributed by atoms with Gasteiger partial charge in [0.25, 0.3) is 20.2 Å². The van der Waals surface area contributed by atoms with Crippen molar-refractivity contribution in [2.45, 2.75) is 10.5 Å². The van der Waals surface area contributed by atoms with Crippen molar-refractivity contribution in [3.05, 3.63) is 83.9 Å². The van der Waals surface area contributed by atoms with E-state index >= 15 is 0 Å². The van der Waals surface area contributed by atoms with Crippen molar-refractivity contribution in [1.82, 2.24) is 0 Å². The van der Waals surface area contributed by atoms with Crippen molar-refractivity contribution in [1.29, 1.82) is 0 Å². The Labute approximate surface area is 152 Å². The molecular weight excluding hydrogens is 376 g/mol. The molecule has 0 amide bonds. The van der Waals surface area contributed by atoms with Crippen LogP contribution in [0.3, 0.4) is 0 Å². The van der Waals surface area contributed by atoms with E-state index in [0.29, 0.717) is 16.7 Å². The minimum atomic E-state index is -5.15. The Morgan fingerprint density at radius 2 is 1.12 bits per heavy atom. The zero-order valence-corrected chi connectivity index (χ0v) is 15.1. The van der Waals surface area contributed by atoms with Gasteiger partial charge >= 0.3 is 0 Å². The normalized spacial score (nSPS) is 17.3. The number of hydrogen-bond acceptors (Lipinski definition) is 4. The summed E-state index contributed by atoms with van der Waals surface area (Å²) in [5.74, 6) is 0. The highest BCUT2D eigenvalue weighted by Crippen LogP contribution is 2.43. The number of hydrogen-bond donors (Lipinski definition) is 2. The van der Waals surface area contributed by atoms with Gasteiger partial charge < -0.3 is 0 Å². The molecule has 0 atom stereocenters. The predicted octanol–water partition coefficient (Wildman–Crippen LogP) is 3.03. The fraction of sp³-hybridized carbons (Fsp3) is 0.111. The largest absolute Gasteiger partial charge is 0.291 e. The molecule has 26 heavy (non-hydrogen) atoms. The van der Waals surface area contributed by atoms with Crippen LogP contribution in [-0.4, -0.2) is 30.0 Å². The highest BCUT2D eigenvalue weighted by Gasteiger charge is 2.54. The van der Waals surface area contributed by atoms with Crippen LogP contribution in [0, 0.1) is 0 Å². The van der Waals surface area contributed by atoms with E-state index in [1.807, 2.05) is 6.07 Å². The highest BCUT2D eigenvalue weighted by atomic mass is 32.3. The van der Waals surface area contributed by atoms with Crippen molar-refractivity contribution >= 4 is 31.4 Å². The second-order valence-corrected chi connectivity index (χ2v) is 9.49. The van der Waals surface area contributed by atoms with Gasteiger partial charge in [-0.2, -0.15) is 16.8 Å². The minimum Gasteiger partial charge on any atom is -0.284 e. The van der Waals surface area contributed by atoms with Gasteiger partial charge in [-0.1, -0.05) is 66.7 Å². The van der Waals surface area contributed by atoms with Crippen LogP contribution in [0.15, 0.2) is 72.8 Å². The molecular formula is C18H16O6S2. The zero-order valence-electron chi connectivity index (χ0n) is 13.5. The fourth-order valence-electron chi connectivity index (χ4n) is 2.95. The molecule has 0 saturated heterocycles. The van der Waals surface area contributed by atoms with Crippen molar-refractivity contribution < 1.29 is 25.9 Å². The van der Waals surface area contributed by atoms with Crippen LogP contribution in [0.25, 0.3) is 11.1 Å². The Morgan fingerprint density at radius 3 is 1.54 bits per heavy atom. The number of allylic oxidation sites excluding steroid dienone is 3. The molecule has 0 bridgehead atoms. The van der Waals surface area contributed by atoms with Gasteiger partial charge in [0.1, 0.15) is 0 Å². The van der Waals surface area contributed by atoms with E-state index in [1.165, 1.54) is 6.08 Å². The average Bonchev–Trinajstić information content (AvgIpc) is 2.61. The maximum absolute atomic E-state index is 11.9. The van der Waals surface area contributed by atoms with Crippen LogP contribution in [0.4, 0.5) is 0 Å². The topological polar surface area (TPSA) is 109 Å². The van der Waals surface area contributed by atoms with Gasteiger partial charge in [0.2, 0.25) is 4.08 Å². The van der Waals surface area contributed by atoms with Crippen molar-refractivity contribution in [2.24, 2.45) is 0 Å². The smallest absolute Gasteiger partial charge is 0.284 e. The Balaban J connectivity index is 2.31. The summed E-state index contributed by atoms with van der Waals surface area (Å²) >= 11 is 0. The monoisotopic (exact) mass is 392 g/mol. The molecule has 2 N–H and O–H groups in total. The van der Waals surface area contributed by atoms with Crippen molar-refractivity contribution in [2.75, 3.05) is 0 Å². The van der Waals surface area contributed by atoms with Crippen LogP contribution in [0.2, 0.25) is 0 Å². The molecule has 2 aromatic carbocycles. The van der Waals surface area contributed by atoms with Crippen LogP contribution in [0.5, 0.6) is 0 Å². The van der Waals surface area contributed by atoms with E-state index in [9.17, 15) is 25.9 Å². The highest BCUT2D eigenvalue weighted by molar-refractivity contribution is 8.05. The van der Waals surface area contributed by atoms with Gasteiger partial charge in [0, 0.05) is 6.42 Å². The van der Waals surface area contributed by atoms with Gasteiger partial charge in [-0.3, -0.25) is 9.11 Å². The molecule has 0 unspecified atom stereocenters. The summed E-state index contributed by atoms with van der Waals surface area (Å²) in [7, 11) is -10.3. The standard InChI is InChI=1S/C18H16O6S2/c19-25(20,21)18(26(22,23)24)12-11-16(14-7-3-1-4-8-14)17(13-18)15-9-5-2-6-10-15/h1-11,13H,12H2,(H,19,20,21)(H,22,23,24). The van der Waals surface area contributed by atoms with E-state index in [-0.39, 0.29) is 0 Å². The van der Waals surface area contributed by atoms with Crippen LogP contribution < -0.4 is 0 Å². The fourth-order valence-corrected chi connectivity index (χ4v) is 5.14. The first-order valence-electron chi connectivity index (χ1n) is 7.64. The first kappa shape index (κ1) is 18.5. The summed E-state index contributed by atoms with van der Waals surface area (Å²) in [5.41, 5.74) is 2.21. The van der Waals surface area contributed by atoms with Crippen molar-refractivity contribution in [3.8, 4) is 0 Å². The summed E-state index contributed by atoms with van der Waals surface area (Å²) in [5, 5.41) is 0. The Hall–Kier alpha value is -2.26. The molecule has 0 aliphatic heterocycles. The molecule has 1 aliphatic carbocycles. The molecule has 8 heteroatoms. The maximum atomic E-state index is 11.9. The molecule has 0 spiro atoms. The lowest BCUT2D eigenvalue weighted by Gasteiger charge is -2.29. The summed E-state index contributed by atoms with van der Waals surface area (Å²) in [4.78, 5) is 0. The van der Waals surface area contributed by atoms with Gasteiger partial charge in [-0.15, -0.1) is 0 Å². The Morgan fingerprint density at radius 1 is 0.692 bits per heavy atom. The van der Waals surface area contributed by atoms with Gasteiger partial charge in [-0.05, 0) is 28.3 Å². The first-order valence-corrected chi connectivity index (χ1v) is 10.5. The van der Waals surface area contributed by atoms with Gasteiger partial charge in [-0.25, -0.2) is 0 Å². The van der Waals surface area contributed by atoms with E-state index < -0.39 is 30.7 Å². The van der Waals surface area contributed by atoms with Crippen molar-refractivity contribution in [3.63, 3.8) is 0 Å². The third kappa shape index (κ3) is 3.12. The van der Waals surface area contributed by atoms with E-state index in [1.54, 1.807) is 54.6 Å². The molecule has 0 radical (unpaired) electrons. The second-order valence-electron chi connectivity index (χ2n) is 5.87. The van der Waals surface area contributed by atoms with Crippen LogP contribution in [0.1, 0.15) is 17.5 Å². The van der Waals surface area contributed by atoms with Crippen LogP contribution >= 0.6 is 0 Å². The third-order valence-corrected chi connectivity index (χ3v) is 7.87. The molecule has 0 aromatic heterocycles. The van der Waals surface area contributed by atoms with E-state index in [2.05, 4.69) is 0 Å². The lowest BCUT2D eigenvalue weighted by molar-refractivity contribution is 0.438. The predicted molar refractivity (Wildman–Crippen MR) is 99.3 cm³/mol. The molecule has 3 rings (SSSR count). The molecule has 2 aromatic rings. The minimum absolute atomic E-state index is 0.290. The quantitative estimate of drug-likeness (QED) is 0.774. The summed E-state index contributed by atoms with van der Waals surface area (Å²) in [6.45, 7) is 0. The summed E-state index contributed by atoms with van der Waals surface area (Å²) in [6.07, 6.45) is 1.71. The molecule has 136 valence electrons. The maximum Gasteiger partial charge on any atom is 0.291 e. The summed E-state index contributed by atoms with van der Waals surface area (Å²) in [6, 6.07) is 17.6. The Bertz CT molecular complexity index is 1050. The zero-order chi connectivity index (χ0) is 19.0. The number of rotatable bonds is 4. The van der Waals surface area contributed by atoms with Gasteiger partial charge in [0.15, 0.2) is 0 Å². The SMILES string of the molecule is O=S(=O)(O)C1(S(=O)(=O)O)C=C(c2ccccc2)C(c2ccccc2)=CC1. The average molecular weight is 392 g/mol. The first-order chi connectivity index (χ1) is 12.2. The van der Waals surface area contributed by atoms with E-state index in [0.717, 1.165) is 11.6 Å². The lowest BCUT2D eigenvalue weighted by atomic mass is 9.87. The molecule has 1 aliphatic rings. The molecule has 6 nitrogen and oxygen atoms in total. The molecule has 0 heterocycles. The molecule has 0 fully saturated rings.